The van der Waals surface area contributed by atoms with Crippen LogP contribution >= 0.6 is 11.8 Å². The van der Waals surface area contributed by atoms with Crippen molar-refractivity contribution in [2.45, 2.75) is 17.0 Å². The van der Waals surface area contributed by atoms with Crippen molar-refractivity contribution >= 4 is 17.5 Å². The minimum absolute atomic E-state index is 0.537. The third kappa shape index (κ3) is 2.61. The minimum Gasteiger partial charge on any atom is -0.481 e. The third-order valence-electron chi connectivity index (χ3n) is 3.43. The van der Waals surface area contributed by atoms with Crippen molar-refractivity contribution < 1.29 is 9.15 Å². The highest BCUT2D eigenvalue weighted by molar-refractivity contribution is 7.99. The number of methoxy groups -OCH3 is 1. The summed E-state index contributed by atoms with van der Waals surface area (Å²) in [6, 6.07) is 5.56. The minimum atomic E-state index is 0.537. The fraction of sp³-hybridized carbons (Fsp3) is 0.125. The van der Waals surface area contributed by atoms with E-state index in [-0.39, 0.29) is 0 Å². The Labute approximate surface area is 141 Å². The number of hydrogen-bond acceptors (Lipinski definition) is 7. The number of aromatic nitrogens is 5. The summed E-state index contributed by atoms with van der Waals surface area (Å²) < 4.78 is 12.5. The van der Waals surface area contributed by atoms with Crippen molar-refractivity contribution in [2.75, 3.05) is 7.11 Å². The van der Waals surface area contributed by atoms with Gasteiger partial charge in [-0.05, 0) is 30.8 Å². The zero-order chi connectivity index (χ0) is 16.5. The highest BCUT2D eigenvalue weighted by atomic mass is 32.2. The first-order valence-corrected chi connectivity index (χ1v) is 8.00. The molecule has 4 heterocycles. The van der Waals surface area contributed by atoms with Crippen LogP contribution in [0, 0.1) is 6.92 Å². The Morgan fingerprint density at radius 1 is 1.21 bits per heavy atom. The molecule has 120 valence electrons. The van der Waals surface area contributed by atoms with Gasteiger partial charge in [-0.3, -0.25) is 4.40 Å². The van der Waals surface area contributed by atoms with E-state index in [4.69, 9.17) is 9.15 Å². The number of imidazole rings is 1. The van der Waals surface area contributed by atoms with Crippen molar-refractivity contribution in [1.29, 1.82) is 0 Å². The predicted molar refractivity (Wildman–Crippen MR) is 88.1 cm³/mol. The number of hydrogen-bond donors (Lipinski definition) is 0. The maximum atomic E-state index is 5.58. The molecule has 0 aromatic carbocycles. The lowest BCUT2D eigenvalue weighted by Gasteiger charge is -1.99. The second kappa shape index (κ2) is 5.97. The molecule has 4 aromatic heterocycles. The summed E-state index contributed by atoms with van der Waals surface area (Å²) in [5.41, 5.74) is 2.45. The van der Waals surface area contributed by atoms with Gasteiger partial charge >= 0.3 is 0 Å². The molecule has 4 rings (SSSR count). The fourth-order valence-corrected chi connectivity index (χ4v) is 3.05. The SMILES string of the molecule is COc1ccc(Sc2nc(-c3c(C)nc4ncccn34)co2)cn1. The van der Waals surface area contributed by atoms with Gasteiger partial charge in [-0.25, -0.2) is 19.9 Å². The molecule has 0 saturated heterocycles. The first-order valence-electron chi connectivity index (χ1n) is 7.18. The van der Waals surface area contributed by atoms with Crippen molar-refractivity contribution in [1.82, 2.24) is 24.3 Å². The summed E-state index contributed by atoms with van der Waals surface area (Å²) in [6.07, 6.45) is 6.97. The molecular formula is C16H13N5O2S. The molecule has 0 N–H and O–H groups in total. The van der Waals surface area contributed by atoms with Gasteiger partial charge in [-0.15, -0.1) is 0 Å². The molecule has 0 fully saturated rings. The van der Waals surface area contributed by atoms with Crippen molar-refractivity contribution in [3.05, 3.63) is 48.7 Å². The van der Waals surface area contributed by atoms with Crippen molar-refractivity contribution in [3.63, 3.8) is 0 Å². The Morgan fingerprint density at radius 2 is 2.12 bits per heavy atom. The van der Waals surface area contributed by atoms with Crippen LogP contribution in [0.1, 0.15) is 5.69 Å². The van der Waals surface area contributed by atoms with E-state index in [9.17, 15) is 0 Å². The van der Waals surface area contributed by atoms with E-state index < -0.39 is 0 Å². The van der Waals surface area contributed by atoms with Gasteiger partial charge < -0.3 is 9.15 Å². The summed E-state index contributed by atoms with van der Waals surface area (Å²) in [7, 11) is 1.59. The third-order valence-corrected chi connectivity index (χ3v) is 4.27. The molecule has 0 radical (unpaired) electrons. The lowest BCUT2D eigenvalue weighted by molar-refractivity contribution is 0.397. The molecule has 0 aliphatic carbocycles. The van der Waals surface area contributed by atoms with E-state index in [2.05, 4.69) is 19.9 Å². The van der Waals surface area contributed by atoms with Crippen LogP contribution in [0.25, 0.3) is 17.2 Å². The first kappa shape index (κ1) is 14.7. The normalized spacial score (nSPS) is 11.1. The van der Waals surface area contributed by atoms with E-state index in [0.717, 1.165) is 22.0 Å². The molecule has 0 amide bonds. The van der Waals surface area contributed by atoms with Crippen LogP contribution in [0.15, 0.2) is 57.6 Å². The Morgan fingerprint density at radius 3 is 2.92 bits per heavy atom. The van der Waals surface area contributed by atoms with Crippen LogP contribution in [0.3, 0.4) is 0 Å². The molecule has 8 heteroatoms. The summed E-state index contributed by atoms with van der Waals surface area (Å²) >= 11 is 1.40. The van der Waals surface area contributed by atoms with E-state index in [1.807, 2.05) is 29.7 Å². The highest BCUT2D eigenvalue weighted by Gasteiger charge is 2.16. The number of fused-ring (bicyclic) bond motifs is 1. The molecule has 24 heavy (non-hydrogen) atoms. The maximum Gasteiger partial charge on any atom is 0.261 e. The van der Waals surface area contributed by atoms with E-state index in [0.29, 0.717) is 16.9 Å². The van der Waals surface area contributed by atoms with Crippen molar-refractivity contribution in [3.8, 4) is 17.3 Å². The van der Waals surface area contributed by atoms with Crippen LogP contribution in [0.4, 0.5) is 0 Å². The number of oxazole rings is 1. The molecule has 0 spiro atoms. The Kier molecular flexibility index (Phi) is 3.66. The van der Waals surface area contributed by atoms with Crippen LogP contribution in [0.5, 0.6) is 5.88 Å². The van der Waals surface area contributed by atoms with Gasteiger partial charge in [0.2, 0.25) is 11.7 Å². The van der Waals surface area contributed by atoms with Gasteiger partial charge in [0.15, 0.2) is 0 Å². The average molecular weight is 339 g/mol. The summed E-state index contributed by atoms with van der Waals surface area (Å²) in [5, 5.41) is 0.537. The Balaban J connectivity index is 1.65. The second-order valence-corrected chi connectivity index (χ2v) is 6.00. The van der Waals surface area contributed by atoms with Gasteiger partial charge in [-0.2, -0.15) is 0 Å². The Bertz CT molecular complexity index is 993. The van der Waals surface area contributed by atoms with E-state index in [1.54, 1.807) is 31.8 Å². The van der Waals surface area contributed by atoms with Gasteiger partial charge in [0.1, 0.15) is 12.0 Å². The van der Waals surface area contributed by atoms with Gasteiger partial charge in [0, 0.05) is 29.6 Å². The highest BCUT2D eigenvalue weighted by Crippen LogP contribution is 2.31. The smallest absolute Gasteiger partial charge is 0.261 e. The lowest BCUT2D eigenvalue weighted by atomic mass is 10.3. The molecule has 4 aromatic rings. The zero-order valence-electron chi connectivity index (χ0n) is 13.0. The molecule has 0 aliphatic rings. The number of ether oxygens (including phenoxy) is 1. The quantitative estimate of drug-likeness (QED) is 0.564. The standard InChI is InChI=1S/C16H13N5O2S/c1-10-14(21-7-3-6-17-15(21)19-10)12-9-23-16(20-12)24-11-4-5-13(22-2)18-8-11/h3-9H,1-2H3. The molecular weight excluding hydrogens is 326 g/mol. The van der Waals surface area contributed by atoms with Crippen molar-refractivity contribution in [2.24, 2.45) is 0 Å². The number of pyridine rings is 1. The predicted octanol–water partition coefficient (Wildman–Crippen LogP) is 3.25. The molecule has 7 nitrogen and oxygen atoms in total. The fourth-order valence-electron chi connectivity index (χ4n) is 2.37. The molecule has 0 saturated carbocycles. The van der Waals surface area contributed by atoms with Gasteiger partial charge in [0.05, 0.1) is 18.5 Å². The van der Waals surface area contributed by atoms with Gasteiger partial charge in [-0.1, -0.05) is 0 Å². The summed E-state index contributed by atoms with van der Waals surface area (Å²) in [6.45, 7) is 1.93. The Hall–Kier alpha value is -2.87. The van der Waals surface area contributed by atoms with Crippen LogP contribution < -0.4 is 4.74 Å². The van der Waals surface area contributed by atoms with Crippen LogP contribution in [0.2, 0.25) is 0 Å². The average Bonchev–Trinajstić information content (AvgIpc) is 3.18. The molecule has 0 atom stereocenters. The monoisotopic (exact) mass is 339 g/mol. The van der Waals surface area contributed by atoms with Crippen LogP contribution in [-0.4, -0.2) is 31.4 Å². The second-order valence-electron chi connectivity index (χ2n) is 4.97. The summed E-state index contributed by atoms with van der Waals surface area (Å²) in [5.74, 6) is 1.21. The van der Waals surface area contributed by atoms with Gasteiger partial charge in [0.25, 0.3) is 5.22 Å². The lowest BCUT2D eigenvalue weighted by Crippen LogP contribution is -1.90. The van der Waals surface area contributed by atoms with Crippen LogP contribution in [-0.2, 0) is 0 Å². The molecule has 0 unspecified atom stereocenters. The maximum absolute atomic E-state index is 5.58. The summed E-state index contributed by atoms with van der Waals surface area (Å²) in [4.78, 5) is 18.3. The number of rotatable bonds is 4. The number of nitrogens with zero attached hydrogens (tertiary/aromatic N) is 5. The largest absolute Gasteiger partial charge is 0.481 e. The topological polar surface area (TPSA) is 78.3 Å². The van der Waals surface area contributed by atoms with E-state index in [1.165, 1.54) is 11.8 Å². The zero-order valence-corrected chi connectivity index (χ0v) is 13.8. The molecule has 0 bridgehead atoms. The molecule has 0 aliphatic heterocycles. The number of aryl methyl sites for hydroxylation is 1. The van der Waals surface area contributed by atoms with E-state index >= 15 is 0 Å². The first-order chi connectivity index (χ1) is 11.7.